The Balaban J connectivity index is 1.41. The maximum atomic E-state index is 13.9. The van der Waals surface area contributed by atoms with E-state index in [1.807, 2.05) is 6.07 Å². The number of imidazole rings is 1. The van der Waals surface area contributed by atoms with E-state index in [0.717, 1.165) is 43.6 Å². The molecule has 0 aliphatic carbocycles. The van der Waals surface area contributed by atoms with Gasteiger partial charge in [0, 0.05) is 45.1 Å². The lowest BCUT2D eigenvalue weighted by molar-refractivity contribution is -0.140. The second-order valence-corrected chi connectivity index (χ2v) is 7.01. The second-order valence-electron chi connectivity index (χ2n) is 7.01. The molecule has 0 N–H and O–H groups in total. The predicted octanol–water partition coefficient (Wildman–Crippen LogP) is 3.82. The monoisotopic (exact) mass is 408 g/mol. The average molecular weight is 408 g/mol. The number of rotatable bonds is 4. The van der Waals surface area contributed by atoms with Crippen LogP contribution in [0.25, 0.3) is 5.65 Å². The van der Waals surface area contributed by atoms with Gasteiger partial charge in [0.15, 0.2) is 17.3 Å². The van der Waals surface area contributed by atoms with E-state index in [1.165, 1.54) is 17.6 Å². The van der Waals surface area contributed by atoms with Gasteiger partial charge in [-0.1, -0.05) is 6.07 Å². The third-order valence-electron chi connectivity index (χ3n) is 5.09. The standard InChI is InChI=1S/C20H20F4N4O/c1-29-17-4-2-14(10-16(17)21)11-26-6-8-27(9-7-26)15-3-5-19-25-18(20(22,23)24)13-28(19)12-15/h2-5,10,12-13H,6-9,11H2,1H3. The van der Waals surface area contributed by atoms with Gasteiger partial charge in [-0.05, 0) is 29.8 Å². The molecule has 0 radical (unpaired) electrons. The van der Waals surface area contributed by atoms with E-state index in [-0.39, 0.29) is 17.2 Å². The fourth-order valence-electron chi connectivity index (χ4n) is 3.53. The number of ether oxygens (including phenoxy) is 1. The molecule has 0 bridgehead atoms. The molecule has 4 rings (SSSR count). The largest absolute Gasteiger partial charge is 0.494 e. The Labute approximate surface area is 165 Å². The number of anilines is 1. The van der Waals surface area contributed by atoms with Crippen molar-refractivity contribution in [2.24, 2.45) is 0 Å². The zero-order chi connectivity index (χ0) is 20.6. The van der Waals surface area contributed by atoms with Crippen LogP contribution in [0.3, 0.4) is 0 Å². The highest BCUT2D eigenvalue weighted by Gasteiger charge is 2.34. The fourth-order valence-corrected chi connectivity index (χ4v) is 3.53. The molecule has 3 aromatic rings. The van der Waals surface area contributed by atoms with Crippen LogP contribution < -0.4 is 9.64 Å². The van der Waals surface area contributed by atoms with Crippen LogP contribution >= 0.6 is 0 Å². The van der Waals surface area contributed by atoms with Crippen LogP contribution in [-0.2, 0) is 12.7 Å². The molecule has 5 nitrogen and oxygen atoms in total. The summed E-state index contributed by atoms with van der Waals surface area (Å²) in [7, 11) is 1.43. The molecule has 29 heavy (non-hydrogen) atoms. The van der Waals surface area contributed by atoms with E-state index < -0.39 is 11.9 Å². The Hall–Kier alpha value is -2.81. The number of halogens is 4. The molecule has 1 aliphatic rings. The first kappa shape index (κ1) is 19.5. The summed E-state index contributed by atoms with van der Waals surface area (Å²) in [5.41, 5.74) is 1.09. The fraction of sp³-hybridized carbons (Fsp3) is 0.350. The van der Waals surface area contributed by atoms with Crippen LogP contribution in [0.4, 0.5) is 23.2 Å². The Morgan fingerprint density at radius 2 is 1.79 bits per heavy atom. The molecule has 1 aromatic carbocycles. The van der Waals surface area contributed by atoms with Gasteiger partial charge in [-0.15, -0.1) is 0 Å². The number of benzene rings is 1. The van der Waals surface area contributed by atoms with Crippen LogP contribution in [0.5, 0.6) is 5.75 Å². The highest BCUT2D eigenvalue weighted by Crippen LogP contribution is 2.29. The summed E-state index contributed by atoms with van der Waals surface area (Å²) in [4.78, 5) is 7.96. The van der Waals surface area contributed by atoms with Gasteiger partial charge in [0.1, 0.15) is 5.65 Å². The summed E-state index contributed by atoms with van der Waals surface area (Å²) in [6.07, 6.45) is -1.78. The number of fused-ring (bicyclic) bond motifs is 1. The van der Waals surface area contributed by atoms with Crippen molar-refractivity contribution >= 4 is 11.3 Å². The predicted molar refractivity (Wildman–Crippen MR) is 101 cm³/mol. The zero-order valence-electron chi connectivity index (χ0n) is 15.8. The number of aromatic nitrogens is 2. The SMILES string of the molecule is COc1ccc(CN2CCN(c3ccc4nc(C(F)(F)F)cn4c3)CC2)cc1F. The van der Waals surface area contributed by atoms with Gasteiger partial charge in [0.25, 0.3) is 0 Å². The summed E-state index contributed by atoms with van der Waals surface area (Å²) in [5, 5.41) is 0. The Morgan fingerprint density at radius 1 is 1.03 bits per heavy atom. The summed E-state index contributed by atoms with van der Waals surface area (Å²) >= 11 is 0. The molecule has 1 aliphatic heterocycles. The molecule has 0 atom stereocenters. The van der Waals surface area contributed by atoms with E-state index in [2.05, 4.69) is 14.8 Å². The van der Waals surface area contributed by atoms with Crippen molar-refractivity contribution in [1.82, 2.24) is 14.3 Å². The van der Waals surface area contributed by atoms with Gasteiger partial charge >= 0.3 is 6.18 Å². The van der Waals surface area contributed by atoms with Gasteiger partial charge in [-0.3, -0.25) is 4.90 Å². The number of pyridine rings is 1. The van der Waals surface area contributed by atoms with Crippen LogP contribution in [0.15, 0.2) is 42.7 Å². The maximum absolute atomic E-state index is 13.9. The molecular weight excluding hydrogens is 388 g/mol. The lowest BCUT2D eigenvalue weighted by Gasteiger charge is -2.36. The number of piperazine rings is 1. The third-order valence-corrected chi connectivity index (χ3v) is 5.09. The molecule has 0 saturated carbocycles. The highest BCUT2D eigenvalue weighted by atomic mass is 19.4. The van der Waals surface area contributed by atoms with Gasteiger partial charge in [-0.25, -0.2) is 9.37 Å². The molecule has 1 saturated heterocycles. The van der Waals surface area contributed by atoms with E-state index >= 15 is 0 Å². The number of methoxy groups -OCH3 is 1. The van der Waals surface area contributed by atoms with Gasteiger partial charge in [0.05, 0.1) is 12.8 Å². The molecule has 3 heterocycles. The highest BCUT2D eigenvalue weighted by molar-refractivity contribution is 5.53. The van der Waals surface area contributed by atoms with Crippen molar-refractivity contribution in [1.29, 1.82) is 0 Å². The van der Waals surface area contributed by atoms with Crippen LogP contribution in [0.1, 0.15) is 11.3 Å². The minimum Gasteiger partial charge on any atom is -0.494 e. The van der Waals surface area contributed by atoms with Gasteiger partial charge in [0.2, 0.25) is 0 Å². The number of nitrogens with zero attached hydrogens (tertiary/aromatic N) is 4. The molecule has 0 unspecified atom stereocenters. The molecule has 0 amide bonds. The van der Waals surface area contributed by atoms with E-state index in [4.69, 9.17) is 4.74 Å². The summed E-state index contributed by atoms with van der Waals surface area (Å²) in [5.74, 6) is -0.155. The smallest absolute Gasteiger partial charge is 0.434 e. The Kier molecular flexibility index (Phi) is 5.08. The van der Waals surface area contributed by atoms with Crippen molar-refractivity contribution < 1.29 is 22.3 Å². The Morgan fingerprint density at radius 3 is 2.45 bits per heavy atom. The number of alkyl halides is 3. The molecule has 9 heteroatoms. The molecule has 154 valence electrons. The van der Waals surface area contributed by atoms with Crippen LogP contribution in [0, 0.1) is 5.82 Å². The first-order valence-corrected chi connectivity index (χ1v) is 9.19. The van der Waals surface area contributed by atoms with Crippen LogP contribution in [-0.4, -0.2) is 47.6 Å². The van der Waals surface area contributed by atoms with Crippen molar-refractivity contribution in [3.8, 4) is 5.75 Å². The number of hydrogen-bond donors (Lipinski definition) is 0. The van der Waals surface area contributed by atoms with Crippen LogP contribution in [0.2, 0.25) is 0 Å². The second kappa shape index (κ2) is 7.55. The normalized spacial score (nSPS) is 15.8. The lowest BCUT2D eigenvalue weighted by atomic mass is 10.1. The third kappa shape index (κ3) is 4.14. The first-order chi connectivity index (χ1) is 13.8. The molecule has 0 spiro atoms. The van der Waals surface area contributed by atoms with Crippen molar-refractivity contribution in [2.45, 2.75) is 12.7 Å². The van der Waals surface area contributed by atoms with Crippen molar-refractivity contribution in [2.75, 3.05) is 38.2 Å². The summed E-state index contributed by atoms with van der Waals surface area (Å²) in [6.45, 7) is 3.62. The topological polar surface area (TPSA) is 33.0 Å². The lowest BCUT2D eigenvalue weighted by Crippen LogP contribution is -2.46. The molecule has 2 aromatic heterocycles. The average Bonchev–Trinajstić information content (AvgIpc) is 3.13. The number of hydrogen-bond acceptors (Lipinski definition) is 4. The van der Waals surface area contributed by atoms with Crippen molar-refractivity contribution in [3.05, 3.63) is 59.8 Å². The first-order valence-electron chi connectivity index (χ1n) is 9.19. The quantitative estimate of drug-likeness (QED) is 0.615. The minimum atomic E-state index is -4.46. The summed E-state index contributed by atoms with van der Waals surface area (Å²) < 4.78 is 58.8. The van der Waals surface area contributed by atoms with Crippen molar-refractivity contribution in [3.63, 3.8) is 0 Å². The van der Waals surface area contributed by atoms with Gasteiger partial charge in [-0.2, -0.15) is 13.2 Å². The van der Waals surface area contributed by atoms with Gasteiger partial charge < -0.3 is 14.0 Å². The molecule has 1 fully saturated rings. The minimum absolute atomic E-state index is 0.224. The van der Waals surface area contributed by atoms with E-state index in [0.29, 0.717) is 6.54 Å². The Bertz CT molecular complexity index is 1010. The van der Waals surface area contributed by atoms with E-state index in [9.17, 15) is 17.6 Å². The van der Waals surface area contributed by atoms with E-state index in [1.54, 1.807) is 24.4 Å². The molecular formula is C20H20F4N4O. The maximum Gasteiger partial charge on any atom is 0.434 e. The summed E-state index contributed by atoms with van der Waals surface area (Å²) in [6, 6.07) is 8.33. The zero-order valence-corrected chi connectivity index (χ0v) is 15.8.